The van der Waals surface area contributed by atoms with Crippen LogP contribution in [0.2, 0.25) is 0 Å². The highest BCUT2D eigenvalue weighted by Crippen LogP contribution is 2.28. The molecule has 2 rings (SSSR count). The molecule has 0 aliphatic carbocycles. The standard InChI is InChI=1S/C21H35N7O11S4/c1-6-16(13(3)17(7-2)42(34,35)36)40(29,30)23-11-10-22-19-25-20(27-21(26-19)28(4)5)24-15-12-14(41(31,32)33)8-9-18(15)43(37,38)39/h8-9,12-13,16-17,23H,6-7,10-11H2,1-5H3,(H,31,32,33)(H,34,35,36)(H,37,38,39)(H2,22,24,25,26,27). The molecule has 1 aromatic carbocycles. The Bertz CT molecular complexity index is 1730. The minimum Gasteiger partial charge on any atom is -0.353 e. The van der Waals surface area contributed by atoms with Gasteiger partial charge in [-0.15, -0.1) is 0 Å². The zero-order chi connectivity index (χ0) is 33.0. The van der Waals surface area contributed by atoms with Gasteiger partial charge in [0.05, 0.1) is 21.1 Å². The number of hydrogen-bond donors (Lipinski definition) is 6. The van der Waals surface area contributed by atoms with E-state index in [1.54, 1.807) is 21.0 Å². The second-order valence-corrected chi connectivity index (χ2v) is 16.0. The third-order valence-corrected chi connectivity index (χ3v) is 11.7. The molecule has 2 aromatic rings. The Kier molecular flexibility index (Phi) is 11.8. The van der Waals surface area contributed by atoms with E-state index in [-0.39, 0.29) is 43.8 Å². The average molecular weight is 690 g/mol. The predicted molar refractivity (Wildman–Crippen MR) is 158 cm³/mol. The van der Waals surface area contributed by atoms with E-state index in [2.05, 4.69) is 30.3 Å². The lowest BCUT2D eigenvalue weighted by molar-refractivity contribution is 0.407. The molecular weight excluding hydrogens is 655 g/mol. The second-order valence-electron chi connectivity index (χ2n) is 9.54. The predicted octanol–water partition coefficient (Wildman–Crippen LogP) is 0.587. The first kappa shape index (κ1) is 36.5. The lowest BCUT2D eigenvalue weighted by atomic mass is 9.99. The summed E-state index contributed by atoms with van der Waals surface area (Å²) in [4.78, 5) is 12.3. The van der Waals surface area contributed by atoms with Crippen LogP contribution in [0.4, 0.5) is 23.5 Å². The third-order valence-electron chi connectivity index (χ3n) is 6.27. The average Bonchev–Trinajstić information content (AvgIpc) is 2.85. The Balaban J connectivity index is 2.29. The summed E-state index contributed by atoms with van der Waals surface area (Å²) in [6, 6.07) is 2.27. The number of nitrogens with zero attached hydrogens (tertiary/aromatic N) is 4. The van der Waals surface area contributed by atoms with Crippen LogP contribution in [-0.4, -0.2) is 100.0 Å². The summed E-state index contributed by atoms with van der Waals surface area (Å²) in [5, 5.41) is 2.86. The van der Waals surface area contributed by atoms with Crippen molar-refractivity contribution in [3.05, 3.63) is 18.2 Å². The Morgan fingerprint density at radius 3 is 1.88 bits per heavy atom. The van der Waals surface area contributed by atoms with Crippen LogP contribution in [0.15, 0.2) is 28.0 Å². The summed E-state index contributed by atoms with van der Waals surface area (Å²) < 4.78 is 127. The van der Waals surface area contributed by atoms with E-state index in [1.165, 1.54) is 18.7 Å². The maximum Gasteiger partial charge on any atom is 0.296 e. The van der Waals surface area contributed by atoms with Gasteiger partial charge in [0.25, 0.3) is 30.4 Å². The zero-order valence-corrected chi connectivity index (χ0v) is 27.1. The number of aromatic nitrogens is 3. The van der Waals surface area contributed by atoms with Gasteiger partial charge < -0.3 is 15.5 Å². The molecule has 0 amide bonds. The molecule has 0 fully saturated rings. The van der Waals surface area contributed by atoms with E-state index in [0.29, 0.717) is 0 Å². The summed E-state index contributed by atoms with van der Waals surface area (Å²) in [7, 11) is -15.0. The molecule has 0 aliphatic heterocycles. The van der Waals surface area contributed by atoms with E-state index in [4.69, 9.17) is 0 Å². The second kappa shape index (κ2) is 13.9. The van der Waals surface area contributed by atoms with Gasteiger partial charge in [-0.3, -0.25) is 13.7 Å². The maximum atomic E-state index is 13.0. The normalized spacial score (nSPS) is 15.0. The molecule has 3 unspecified atom stereocenters. The summed E-state index contributed by atoms with van der Waals surface area (Å²) >= 11 is 0. The van der Waals surface area contributed by atoms with Crippen molar-refractivity contribution < 1.29 is 47.3 Å². The molecule has 18 nitrogen and oxygen atoms in total. The van der Waals surface area contributed by atoms with Crippen LogP contribution in [0.5, 0.6) is 0 Å². The smallest absolute Gasteiger partial charge is 0.296 e. The van der Waals surface area contributed by atoms with Gasteiger partial charge in [0.15, 0.2) is 0 Å². The van der Waals surface area contributed by atoms with Gasteiger partial charge in [0.2, 0.25) is 27.9 Å². The molecule has 0 spiro atoms. The maximum absolute atomic E-state index is 13.0. The number of sulfonamides is 1. The highest BCUT2D eigenvalue weighted by Gasteiger charge is 2.38. The highest BCUT2D eigenvalue weighted by atomic mass is 32.2. The molecular formula is C21H35N7O11S4. The zero-order valence-electron chi connectivity index (χ0n) is 23.8. The molecule has 22 heteroatoms. The largest absolute Gasteiger partial charge is 0.353 e. The van der Waals surface area contributed by atoms with E-state index < -0.39 is 72.3 Å². The van der Waals surface area contributed by atoms with E-state index in [1.807, 2.05) is 0 Å². The monoisotopic (exact) mass is 689 g/mol. The van der Waals surface area contributed by atoms with Crippen LogP contribution in [0.1, 0.15) is 33.6 Å². The number of anilines is 4. The van der Waals surface area contributed by atoms with Crippen molar-refractivity contribution in [3.63, 3.8) is 0 Å². The van der Waals surface area contributed by atoms with Gasteiger partial charge in [-0.25, -0.2) is 13.1 Å². The van der Waals surface area contributed by atoms with E-state index in [0.717, 1.165) is 18.2 Å². The van der Waals surface area contributed by atoms with Crippen molar-refractivity contribution in [1.29, 1.82) is 0 Å². The number of hydrogen-bond acceptors (Lipinski definition) is 14. The fourth-order valence-corrected chi connectivity index (χ4v) is 8.44. The van der Waals surface area contributed by atoms with Gasteiger partial charge in [0, 0.05) is 27.2 Å². The lowest BCUT2D eigenvalue weighted by Gasteiger charge is -2.28. The Morgan fingerprint density at radius 1 is 0.814 bits per heavy atom. The summed E-state index contributed by atoms with van der Waals surface area (Å²) in [5.41, 5.74) is -0.484. The van der Waals surface area contributed by atoms with E-state index in [9.17, 15) is 47.3 Å². The fraction of sp³-hybridized carbons (Fsp3) is 0.571. The Labute approximate surface area is 251 Å². The highest BCUT2D eigenvalue weighted by molar-refractivity contribution is 7.90. The van der Waals surface area contributed by atoms with Crippen molar-refractivity contribution in [3.8, 4) is 0 Å². The van der Waals surface area contributed by atoms with Crippen molar-refractivity contribution in [2.45, 2.75) is 53.9 Å². The Morgan fingerprint density at radius 2 is 1.40 bits per heavy atom. The third kappa shape index (κ3) is 9.89. The first-order valence-corrected chi connectivity index (χ1v) is 18.5. The molecule has 1 heterocycles. The molecule has 0 radical (unpaired) electrons. The quantitative estimate of drug-likeness (QED) is 0.104. The number of rotatable bonds is 16. The molecule has 6 N–H and O–H groups in total. The Hall–Kier alpha value is -2.73. The van der Waals surface area contributed by atoms with Crippen LogP contribution in [0.25, 0.3) is 0 Å². The first-order chi connectivity index (χ1) is 19.6. The van der Waals surface area contributed by atoms with Crippen LogP contribution in [0.3, 0.4) is 0 Å². The topological polar surface area (TPSA) is 275 Å². The summed E-state index contributed by atoms with van der Waals surface area (Å²) in [6.45, 7) is 4.28. The summed E-state index contributed by atoms with van der Waals surface area (Å²) in [5.74, 6) is -1.30. The molecule has 43 heavy (non-hydrogen) atoms. The molecule has 1 aromatic heterocycles. The van der Waals surface area contributed by atoms with Crippen molar-refractivity contribution in [2.24, 2.45) is 5.92 Å². The van der Waals surface area contributed by atoms with Gasteiger partial charge in [-0.1, -0.05) is 20.8 Å². The van der Waals surface area contributed by atoms with Gasteiger partial charge >= 0.3 is 0 Å². The lowest BCUT2D eigenvalue weighted by Crippen LogP contribution is -2.44. The molecule has 0 aliphatic rings. The van der Waals surface area contributed by atoms with Crippen molar-refractivity contribution in [1.82, 2.24) is 19.7 Å². The first-order valence-electron chi connectivity index (χ1n) is 12.6. The van der Waals surface area contributed by atoms with E-state index >= 15 is 0 Å². The molecule has 0 saturated carbocycles. The van der Waals surface area contributed by atoms with Crippen molar-refractivity contribution in [2.75, 3.05) is 42.7 Å². The number of nitrogens with one attached hydrogen (secondary N) is 3. The van der Waals surface area contributed by atoms with Gasteiger partial charge in [-0.2, -0.15) is 40.2 Å². The van der Waals surface area contributed by atoms with Crippen LogP contribution < -0.4 is 20.3 Å². The SMILES string of the molecule is CCC(C(C)C(CC)S(=O)(=O)NCCNc1nc(Nc2cc(S(=O)(=O)O)ccc2S(=O)(=O)O)nc(N(C)C)n1)S(=O)(=O)O. The summed E-state index contributed by atoms with van der Waals surface area (Å²) in [6.07, 6.45) is 0.0956. The minimum atomic E-state index is -4.86. The molecule has 0 bridgehead atoms. The van der Waals surface area contributed by atoms with Gasteiger partial charge in [0.1, 0.15) is 4.90 Å². The molecule has 3 atom stereocenters. The van der Waals surface area contributed by atoms with Crippen LogP contribution in [-0.2, 0) is 40.4 Å². The fourth-order valence-electron chi connectivity index (χ4n) is 4.25. The van der Waals surface area contributed by atoms with Gasteiger partial charge in [-0.05, 0) is 37.0 Å². The van der Waals surface area contributed by atoms with Crippen molar-refractivity contribution >= 4 is 63.9 Å². The van der Waals surface area contributed by atoms with Crippen LogP contribution >= 0.6 is 0 Å². The molecule has 244 valence electrons. The number of benzene rings is 1. The minimum absolute atomic E-state index is 0.0172. The van der Waals surface area contributed by atoms with Crippen LogP contribution in [0, 0.1) is 5.92 Å². The molecule has 0 saturated heterocycles.